The average molecular weight is 289 g/mol. The van der Waals surface area contributed by atoms with E-state index in [9.17, 15) is 19.7 Å². The zero-order valence-corrected chi connectivity index (χ0v) is 11.6. The third kappa shape index (κ3) is 3.25. The fourth-order valence-corrected chi connectivity index (χ4v) is 2.02. The number of non-ortho nitro benzene ring substituents is 1. The summed E-state index contributed by atoms with van der Waals surface area (Å²) in [7, 11) is 0. The fraction of sp³-hybridized carbons (Fsp3) is 0.286. The van der Waals surface area contributed by atoms with Crippen molar-refractivity contribution in [1.82, 2.24) is 10.6 Å². The Kier molecular flexibility index (Phi) is 4.02. The molecule has 1 aliphatic rings. The average Bonchev–Trinajstić information content (AvgIpc) is 2.42. The van der Waals surface area contributed by atoms with E-state index in [-0.39, 0.29) is 23.2 Å². The molecular formula is C14H15N3O4. The lowest BCUT2D eigenvalue weighted by molar-refractivity contribution is -0.384. The van der Waals surface area contributed by atoms with E-state index in [1.807, 2.05) is 13.8 Å². The topological polar surface area (TPSA) is 101 Å². The second-order valence-electron chi connectivity index (χ2n) is 5.09. The quantitative estimate of drug-likeness (QED) is 0.496. The third-order valence-electron chi connectivity index (χ3n) is 3.13. The molecule has 0 aromatic heterocycles. The van der Waals surface area contributed by atoms with Gasteiger partial charge in [0, 0.05) is 12.1 Å². The van der Waals surface area contributed by atoms with Gasteiger partial charge >= 0.3 is 0 Å². The summed E-state index contributed by atoms with van der Waals surface area (Å²) >= 11 is 0. The van der Waals surface area contributed by atoms with Crippen LogP contribution in [-0.4, -0.2) is 22.8 Å². The Morgan fingerprint density at radius 1 is 1.33 bits per heavy atom. The summed E-state index contributed by atoms with van der Waals surface area (Å²) in [6, 6.07) is 5.26. The number of hydrogen-bond acceptors (Lipinski definition) is 4. The predicted molar refractivity (Wildman–Crippen MR) is 76.0 cm³/mol. The predicted octanol–water partition coefficient (Wildman–Crippen LogP) is 1.21. The van der Waals surface area contributed by atoms with Crippen molar-refractivity contribution in [3.8, 4) is 0 Å². The minimum absolute atomic E-state index is 0.0201. The lowest BCUT2D eigenvalue weighted by Crippen LogP contribution is -2.56. The Labute approximate surface area is 121 Å². The van der Waals surface area contributed by atoms with E-state index >= 15 is 0 Å². The number of amides is 2. The normalized spacial score (nSPS) is 20.3. The van der Waals surface area contributed by atoms with Gasteiger partial charge in [0.05, 0.1) is 4.92 Å². The summed E-state index contributed by atoms with van der Waals surface area (Å²) in [5.74, 6) is -0.714. The lowest BCUT2D eigenvalue weighted by Gasteiger charge is -2.27. The van der Waals surface area contributed by atoms with Crippen LogP contribution in [0.1, 0.15) is 19.4 Å². The molecule has 0 aliphatic carbocycles. The number of carbonyl (C=O) groups excluding carboxylic acids is 2. The van der Waals surface area contributed by atoms with Gasteiger partial charge in [-0.2, -0.15) is 0 Å². The first-order valence-corrected chi connectivity index (χ1v) is 6.46. The number of nitrogens with zero attached hydrogens (tertiary/aromatic N) is 1. The van der Waals surface area contributed by atoms with Crippen LogP contribution in [0.4, 0.5) is 5.69 Å². The Hall–Kier alpha value is -2.70. The van der Waals surface area contributed by atoms with E-state index in [1.54, 1.807) is 6.07 Å². The first kappa shape index (κ1) is 14.7. The van der Waals surface area contributed by atoms with Crippen LogP contribution in [-0.2, 0) is 9.59 Å². The summed E-state index contributed by atoms with van der Waals surface area (Å²) in [5, 5.41) is 15.9. The molecular weight excluding hydrogens is 274 g/mol. The largest absolute Gasteiger partial charge is 0.339 e. The zero-order chi connectivity index (χ0) is 15.6. The van der Waals surface area contributed by atoms with Gasteiger partial charge in [-0.3, -0.25) is 19.7 Å². The van der Waals surface area contributed by atoms with Gasteiger partial charge in [-0.15, -0.1) is 0 Å². The molecule has 2 rings (SSSR count). The van der Waals surface area contributed by atoms with E-state index < -0.39 is 16.9 Å². The van der Waals surface area contributed by atoms with Gasteiger partial charge in [0.15, 0.2) is 0 Å². The molecule has 0 bridgehead atoms. The van der Waals surface area contributed by atoms with Gasteiger partial charge in [0.25, 0.3) is 11.6 Å². The molecule has 7 heteroatoms. The smallest absolute Gasteiger partial charge is 0.270 e. The second-order valence-corrected chi connectivity index (χ2v) is 5.09. The van der Waals surface area contributed by atoms with Crippen LogP contribution in [0, 0.1) is 16.0 Å². The number of nitrogens with one attached hydrogen (secondary N) is 2. The molecule has 1 atom stereocenters. The molecule has 1 aromatic rings. The molecule has 1 aromatic carbocycles. The number of hydrogen-bond donors (Lipinski definition) is 2. The van der Waals surface area contributed by atoms with Crippen molar-refractivity contribution in [2.45, 2.75) is 19.9 Å². The molecule has 1 unspecified atom stereocenters. The highest BCUT2D eigenvalue weighted by atomic mass is 16.6. The maximum atomic E-state index is 11.9. The molecule has 1 heterocycles. The number of piperazine rings is 1. The number of carbonyl (C=O) groups is 2. The first-order valence-electron chi connectivity index (χ1n) is 6.46. The minimum atomic E-state index is -0.570. The molecule has 21 heavy (non-hydrogen) atoms. The number of nitro groups is 1. The van der Waals surface area contributed by atoms with E-state index in [4.69, 9.17) is 0 Å². The maximum absolute atomic E-state index is 11.9. The molecule has 1 saturated heterocycles. The van der Waals surface area contributed by atoms with Gasteiger partial charge in [0.1, 0.15) is 11.7 Å². The Balaban J connectivity index is 2.26. The monoisotopic (exact) mass is 289 g/mol. The SMILES string of the molecule is CC(C)C1NC(=O)/C(=C\c2cccc([N+](=O)[O-])c2)NC1=O. The van der Waals surface area contributed by atoms with Crippen molar-refractivity contribution in [2.75, 3.05) is 0 Å². The highest BCUT2D eigenvalue weighted by Crippen LogP contribution is 2.17. The van der Waals surface area contributed by atoms with Crippen LogP contribution in [0.25, 0.3) is 6.08 Å². The molecule has 1 fully saturated rings. The molecule has 110 valence electrons. The molecule has 0 radical (unpaired) electrons. The van der Waals surface area contributed by atoms with E-state index in [0.29, 0.717) is 5.56 Å². The maximum Gasteiger partial charge on any atom is 0.270 e. The summed E-state index contributed by atoms with van der Waals surface area (Å²) in [6.45, 7) is 3.67. The highest BCUT2D eigenvalue weighted by Gasteiger charge is 2.31. The zero-order valence-electron chi connectivity index (χ0n) is 11.6. The van der Waals surface area contributed by atoms with Crippen molar-refractivity contribution < 1.29 is 14.5 Å². The van der Waals surface area contributed by atoms with Gasteiger partial charge in [-0.05, 0) is 17.6 Å². The minimum Gasteiger partial charge on any atom is -0.339 e. The van der Waals surface area contributed by atoms with Gasteiger partial charge in [-0.25, -0.2) is 0 Å². The van der Waals surface area contributed by atoms with Crippen LogP contribution in [0.2, 0.25) is 0 Å². The van der Waals surface area contributed by atoms with Gasteiger partial charge in [-0.1, -0.05) is 26.0 Å². The third-order valence-corrected chi connectivity index (χ3v) is 3.13. The highest BCUT2D eigenvalue weighted by molar-refractivity contribution is 6.07. The van der Waals surface area contributed by atoms with Gasteiger partial charge < -0.3 is 10.6 Å². The van der Waals surface area contributed by atoms with Crippen LogP contribution in [0.15, 0.2) is 30.0 Å². The van der Waals surface area contributed by atoms with Crippen molar-refractivity contribution in [3.63, 3.8) is 0 Å². The molecule has 7 nitrogen and oxygen atoms in total. The Morgan fingerprint density at radius 2 is 2.05 bits per heavy atom. The van der Waals surface area contributed by atoms with Crippen LogP contribution < -0.4 is 10.6 Å². The summed E-state index contributed by atoms with van der Waals surface area (Å²) in [4.78, 5) is 34.0. The molecule has 2 amide bonds. The molecule has 0 saturated carbocycles. The summed E-state index contributed by atoms with van der Waals surface area (Å²) < 4.78 is 0. The standard InChI is InChI=1S/C14H15N3O4/c1-8(2)12-14(19)15-11(13(18)16-12)7-9-4-3-5-10(6-9)17(20)21/h3-8,12H,1-2H3,(H,15,19)(H,16,18)/b11-7+. The first-order chi connectivity index (χ1) is 9.88. The van der Waals surface area contributed by atoms with E-state index in [2.05, 4.69) is 10.6 Å². The van der Waals surface area contributed by atoms with Crippen molar-refractivity contribution >= 4 is 23.6 Å². The summed E-state index contributed by atoms with van der Waals surface area (Å²) in [6.07, 6.45) is 1.41. The number of rotatable bonds is 3. The van der Waals surface area contributed by atoms with Crippen LogP contribution in [0.3, 0.4) is 0 Å². The van der Waals surface area contributed by atoms with Crippen LogP contribution in [0.5, 0.6) is 0 Å². The number of nitro benzene ring substituents is 1. The van der Waals surface area contributed by atoms with Crippen LogP contribution >= 0.6 is 0 Å². The summed E-state index contributed by atoms with van der Waals surface area (Å²) in [5.41, 5.74) is 0.474. The second kappa shape index (κ2) is 5.74. The molecule has 1 aliphatic heterocycles. The lowest BCUT2D eigenvalue weighted by atomic mass is 10.0. The number of benzene rings is 1. The molecule has 2 N–H and O–H groups in total. The van der Waals surface area contributed by atoms with Gasteiger partial charge in [0.2, 0.25) is 5.91 Å². The van der Waals surface area contributed by atoms with Crippen molar-refractivity contribution in [2.24, 2.45) is 5.92 Å². The Morgan fingerprint density at radius 3 is 2.67 bits per heavy atom. The van der Waals surface area contributed by atoms with Crippen molar-refractivity contribution in [1.29, 1.82) is 0 Å². The Bertz CT molecular complexity index is 637. The van der Waals surface area contributed by atoms with E-state index in [1.165, 1.54) is 24.3 Å². The fourth-order valence-electron chi connectivity index (χ4n) is 2.02. The molecule has 0 spiro atoms. The van der Waals surface area contributed by atoms with E-state index in [0.717, 1.165) is 0 Å². The van der Waals surface area contributed by atoms with Crippen molar-refractivity contribution in [3.05, 3.63) is 45.6 Å².